The van der Waals surface area contributed by atoms with E-state index in [0.29, 0.717) is 18.5 Å². The lowest BCUT2D eigenvalue weighted by atomic mass is 10.0. The molecule has 2 aliphatic heterocycles. The molecule has 96 valence electrons. The molecule has 0 bridgehead atoms. The van der Waals surface area contributed by atoms with Crippen molar-refractivity contribution in [2.75, 3.05) is 19.8 Å². The average Bonchev–Trinajstić information content (AvgIpc) is 2.98. The molecule has 0 spiro atoms. The van der Waals surface area contributed by atoms with Crippen LogP contribution in [-0.4, -0.2) is 42.8 Å². The Labute approximate surface area is 103 Å². The third kappa shape index (κ3) is 2.20. The maximum Gasteiger partial charge on any atom is 0.238 e. The quantitative estimate of drug-likeness (QED) is 0.783. The molecule has 2 atom stereocenters. The highest BCUT2D eigenvalue weighted by Gasteiger charge is 2.41. The van der Waals surface area contributed by atoms with Crippen LogP contribution in [0.25, 0.3) is 0 Å². The van der Waals surface area contributed by atoms with Crippen molar-refractivity contribution in [3.63, 3.8) is 0 Å². The minimum Gasteiger partial charge on any atom is -0.379 e. The van der Waals surface area contributed by atoms with Gasteiger partial charge in [0, 0.05) is 6.61 Å². The van der Waals surface area contributed by atoms with E-state index in [0.717, 1.165) is 26.1 Å². The van der Waals surface area contributed by atoms with E-state index in [2.05, 4.69) is 10.2 Å². The van der Waals surface area contributed by atoms with Crippen molar-refractivity contribution in [2.45, 2.75) is 50.7 Å². The van der Waals surface area contributed by atoms with Crippen LogP contribution in [0.1, 0.15) is 38.5 Å². The first-order chi connectivity index (χ1) is 8.36. The summed E-state index contributed by atoms with van der Waals surface area (Å²) in [5.74, 6) is 0.945. The van der Waals surface area contributed by atoms with Gasteiger partial charge < -0.3 is 9.64 Å². The van der Waals surface area contributed by atoms with Gasteiger partial charge in [0.1, 0.15) is 0 Å². The molecule has 3 fully saturated rings. The monoisotopic (exact) mass is 238 g/mol. The standard InChI is InChI=1S/C13H22N2O2/c16-12-8-14-13(10-4-1-2-5-10)15(12)11-6-3-7-17-9-11/h10-11,13-14H,1-9H2. The third-order valence-electron chi connectivity index (χ3n) is 4.43. The SMILES string of the molecule is O=C1CNC(C2CCCC2)N1C1CCCOC1. The van der Waals surface area contributed by atoms with E-state index in [9.17, 15) is 4.79 Å². The number of amides is 1. The van der Waals surface area contributed by atoms with Crippen LogP contribution in [0.2, 0.25) is 0 Å². The van der Waals surface area contributed by atoms with Crippen LogP contribution in [0.3, 0.4) is 0 Å². The average molecular weight is 238 g/mol. The molecule has 0 aromatic carbocycles. The number of nitrogens with one attached hydrogen (secondary N) is 1. The largest absolute Gasteiger partial charge is 0.379 e. The number of hydrogen-bond acceptors (Lipinski definition) is 3. The first-order valence-electron chi connectivity index (χ1n) is 6.98. The number of ether oxygens (including phenoxy) is 1. The number of carbonyl (C=O) groups excluding carboxylic acids is 1. The van der Waals surface area contributed by atoms with Gasteiger partial charge in [0.15, 0.2) is 0 Å². The van der Waals surface area contributed by atoms with Gasteiger partial charge in [-0.25, -0.2) is 0 Å². The molecule has 1 N–H and O–H groups in total. The van der Waals surface area contributed by atoms with Crippen LogP contribution >= 0.6 is 0 Å². The van der Waals surface area contributed by atoms with Crippen LogP contribution in [0, 0.1) is 5.92 Å². The van der Waals surface area contributed by atoms with Crippen LogP contribution < -0.4 is 5.32 Å². The summed E-state index contributed by atoms with van der Waals surface area (Å²) in [5, 5.41) is 3.42. The molecule has 1 aliphatic carbocycles. The third-order valence-corrected chi connectivity index (χ3v) is 4.43. The lowest BCUT2D eigenvalue weighted by Crippen LogP contribution is -2.50. The Kier molecular flexibility index (Phi) is 3.34. The smallest absolute Gasteiger partial charge is 0.238 e. The van der Waals surface area contributed by atoms with Gasteiger partial charge in [0.05, 0.1) is 25.4 Å². The Balaban J connectivity index is 1.71. The number of nitrogens with zero attached hydrogens (tertiary/aromatic N) is 1. The summed E-state index contributed by atoms with van der Waals surface area (Å²) in [6.45, 7) is 2.12. The minimum absolute atomic E-state index is 0.275. The number of carbonyl (C=O) groups is 1. The zero-order valence-corrected chi connectivity index (χ0v) is 10.4. The summed E-state index contributed by atoms with van der Waals surface area (Å²) < 4.78 is 5.53. The topological polar surface area (TPSA) is 41.6 Å². The van der Waals surface area contributed by atoms with E-state index in [1.54, 1.807) is 0 Å². The zero-order chi connectivity index (χ0) is 11.7. The molecule has 2 unspecified atom stereocenters. The van der Waals surface area contributed by atoms with Crippen molar-refractivity contribution in [2.24, 2.45) is 5.92 Å². The minimum atomic E-state index is 0.275. The molecule has 0 aromatic rings. The fraction of sp³-hybridized carbons (Fsp3) is 0.923. The van der Waals surface area contributed by atoms with Gasteiger partial charge in [-0.1, -0.05) is 12.8 Å². The van der Waals surface area contributed by atoms with Crippen molar-refractivity contribution >= 4 is 5.91 Å². The molecule has 1 saturated carbocycles. The van der Waals surface area contributed by atoms with Gasteiger partial charge >= 0.3 is 0 Å². The molecule has 2 saturated heterocycles. The maximum atomic E-state index is 12.0. The van der Waals surface area contributed by atoms with Crippen LogP contribution in [0.5, 0.6) is 0 Å². The normalized spacial score (nSPS) is 35.8. The predicted octanol–water partition coefficient (Wildman–Crippen LogP) is 1.11. The second kappa shape index (κ2) is 4.94. The summed E-state index contributed by atoms with van der Waals surface area (Å²) >= 11 is 0. The molecule has 0 aromatic heterocycles. The molecule has 4 nitrogen and oxygen atoms in total. The van der Waals surface area contributed by atoms with Crippen molar-refractivity contribution < 1.29 is 9.53 Å². The second-order valence-electron chi connectivity index (χ2n) is 5.54. The van der Waals surface area contributed by atoms with Crippen molar-refractivity contribution in [3.05, 3.63) is 0 Å². The lowest BCUT2D eigenvalue weighted by molar-refractivity contribution is -0.134. The van der Waals surface area contributed by atoms with E-state index in [1.807, 2.05) is 0 Å². The van der Waals surface area contributed by atoms with Gasteiger partial charge in [-0.2, -0.15) is 0 Å². The molecule has 3 rings (SSSR count). The van der Waals surface area contributed by atoms with E-state index in [1.165, 1.54) is 25.7 Å². The van der Waals surface area contributed by atoms with Gasteiger partial charge in [-0.15, -0.1) is 0 Å². The summed E-state index contributed by atoms with van der Waals surface area (Å²) in [4.78, 5) is 14.2. The van der Waals surface area contributed by atoms with Crippen molar-refractivity contribution in [1.29, 1.82) is 0 Å². The van der Waals surface area contributed by atoms with E-state index < -0.39 is 0 Å². The van der Waals surface area contributed by atoms with Gasteiger partial charge in [0.2, 0.25) is 5.91 Å². The molecular formula is C13H22N2O2. The highest BCUT2D eigenvalue weighted by molar-refractivity contribution is 5.81. The van der Waals surface area contributed by atoms with Crippen LogP contribution in [0.4, 0.5) is 0 Å². The Morgan fingerprint density at radius 3 is 2.71 bits per heavy atom. The number of hydrogen-bond donors (Lipinski definition) is 1. The first-order valence-corrected chi connectivity index (χ1v) is 6.98. The second-order valence-corrected chi connectivity index (χ2v) is 5.54. The Morgan fingerprint density at radius 2 is 2.00 bits per heavy atom. The van der Waals surface area contributed by atoms with Gasteiger partial charge in [-0.05, 0) is 31.6 Å². The fourth-order valence-corrected chi connectivity index (χ4v) is 3.58. The Morgan fingerprint density at radius 1 is 1.18 bits per heavy atom. The van der Waals surface area contributed by atoms with Crippen molar-refractivity contribution in [3.8, 4) is 0 Å². The Hall–Kier alpha value is -0.610. The van der Waals surface area contributed by atoms with Crippen LogP contribution in [-0.2, 0) is 9.53 Å². The fourth-order valence-electron chi connectivity index (χ4n) is 3.58. The number of rotatable bonds is 2. The van der Waals surface area contributed by atoms with Crippen molar-refractivity contribution in [1.82, 2.24) is 10.2 Å². The van der Waals surface area contributed by atoms with E-state index in [-0.39, 0.29) is 12.1 Å². The maximum absolute atomic E-state index is 12.0. The summed E-state index contributed by atoms with van der Waals surface area (Å²) in [6.07, 6.45) is 7.68. The summed E-state index contributed by atoms with van der Waals surface area (Å²) in [6, 6.07) is 0.317. The van der Waals surface area contributed by atoms with E-state index in [4.69, 9.17) is 4.74 Å². The van der Waals surface area contributed by atoms with Gasteiger partial charge in [-0.3, -0.25) is 10.1 Å². The zero-order valence-electron chi connectivity index (χ0n) is 10.4. The van der Waals surface area contributed by atoms with E-state index >= 15 is 0 Å². The van der Waals surface area contributed by atoms with Crippen LogP contribution in [0.15, 0.2) is 0 Å². The molecule has 3 aliphatic rings. The molecular weight excluding hydrogens is 216 g/mol. The summed E-state index contributed by atoms with van der Waals surface area (Å²) in [5.41, 5.74) is 0. The highest BCUT2D eigenvalue weighted by atomic mass is 16.5. The predicted molar refractivity (Wildman–Crippen MR) is 64.4 cm³/mol. The molecule has 0 radical (unpaired) electrons. The molecule has 2 heterocycles. The molecule has 4 heteroatoms. The Bertz CT molecular complexity index is 283. The molecule has 17 heavy (non-hydrogen) atoms. The van der Waals surface area contributed by atoms with Gasteiger partial charge in [0.25, 0.3) is 0 Å². The lowest BCUT2D eigenvalue weighted by Gasteiger charge is -2.37. The summed E-state index contributed by atoms with van der Waals surface area (Å²) in [7, 11) is 0. The first kappa shape index (κ1) is 11.5. The molecule has 1 amide bonds. The highest BCUT2D eigenvalue weighted by Crippen LogP contribution is 2.32.